The van der Waals surface area contributed by atoms with E-state index in [1.165, 1.54) is 12.1 Å². The second-order valence-electron chi connectivity index (χ2n) is 4.83. The highest BCUT2D eigenvalue weighted by Crippen LogP contribution is 2.23. The summed E-state index contributed by atoms with van der Waals surface area (Å²) >= 11 is 0. The molecule has 1 aliphatic heterocycles. The number of halogens is 3. The summed E-state index contributed by atoms with van der Waals surface area (Å²) in [6.45, 7) is -0.756. The first-order valence-electron chi connectivity index (χ1n) is 6.15. The van der Waals surface area contributed by atoms with Crippen LogP contribution in [0, 0.1) is 0 Å². The van der Waals surface area contributed by atoms with Gasteiger partial charge in [0.1, 0.15) is 6.54 Å². The lowest BCUT2D eigenvalue weighted by Gasteiger charge is -2.15. The fourth-order valence-electron chi connectivity index (χ4n) is 2.17. The van der Waals surface area contributed by atoms with Crippen molar-refractivity contribution in [3.8, 4) is 0 Å². The molecular weight excluding hydrogens is 289 g/mol. The average Bonchev–Trinajstić information content (AvgIpc) is 2.76. The normalized spacial score (nSPS) is 14.8. The zero-order valence-electron chi connectivity index (χ0n) is 10.9. The highest BCUT2D eigenvalue weighted by atomic mass is 19.4. The van der Waals surface area contributed by atoms with Crippen molar-refractivity contribution >= 4 is 11.9 Å². The predicted octanol–water partition coefficient (Wildman–Crippen LogP) is 1.38. The van der Waals surface area contributed by atoms with E-state index in [0.29, 0.717) is 13.1 Å². The highest BCUT2D eigenvalue weighted by Gasteiger charge is 2.28. The maximum Gasteiger partial charge on any atom is 0.405 e. The molecule has 0 aromatic heterocycles. The molecule has 2 N–H and O–H groups in total. The molecule has 1 aromatic rings. The third-order valence-electron chi connectivity index (χ3n) is 3.09. The van der Waals surface area contributed by atoms with Crippen LogP contribution in [0.5, 0.6) is 0 Å². The second-order valence-corrected chi connectivity index (χ2v) is 4.83. The first-order valence-corrected chi connectivity index (χ1v) is 6.15. The number of carboxylic acids is 1. The molecule has 0 saturated heterocycles. The number of nitrogens with one attached hydrogen (secondary N) is 1. The van der Waals surface area contributed by atoms with Gasteiger partial charge < -0.3 is 10.4 Å². The minimum Gasteiger partial charge on any atom is -0.478 e. The minimum absolute atomic E-state index is 0.150. The van der Waals surface area contributed by atoms with Gasteiger partial charge in [0, 0.05) is 13.1 Å². The molecule has 0 spiro atoms. The number of hydrogen-bond acceptors (Lipinski definition) is 3. The molecule has 0 fully saturated rings. The van der Waals surface area contributed by atoms with Crippen molar-refractivity contribution < 1.29 is 27.9 Å². The Morgan fingerprint density at radius 2 is 1.90 bits per heavy atom. The van der Waals surface area contributed by atoms with Crippen LogP contribution in [0.4, 0.5) is 13.2 Å². The van der Waals surface area contributed by atoms with E-state index in [9.17, 15) is 22.8 Å². The molecule has 0 bridgehead atoms. The Bertz CT molecular complexity index is 572. The highest BCUT2D eigenvalue weighted by molar-refractivity contribution is 5.88. The van der Waals surface area contributed by atoms with Gasteiger partial charge in [-0.25, -0.2) is 4.79 Å². The minimum atomic E-state index is -4.43. The van der Waals surface area contributed by atoms with E-state index in [1.807, 2.05) is 0 Å². The van der Waals surface area contributed by atoms with Crippen molar-refractivity contribution in [3.63, 3.8) is 0 Å². The van der Waals surface area contributed by atoms with E-state index in [4.69, 9.17) is 5.11 Å². The van der Waals surface area contributed by atoms with Crippen molar-refractivity contribution in [2.45, 2.75) is 19.3 Å². The monoisotopic (exact) mass is 302 g/mol. The molecule has 0 aliphatic carbocycles. The van der Waals surface area contributed by atoms with Gasteiger partial charge >= 0.3 is 12.1 Å². The molecule has 8 heteroatoms. The maximum atomic E-state index is 12.0. The fraction of sp³-hybridized carbons (Fsp3) is 0.385. The molecule has 114 valence electrons. The van der Waals surface area contributed by atoms with Crippen LogP contribution in [-0.4, -0.2) is 41.1 Å². The van der Waals surface area contributed by atoms with Crippen LogP contribution in [0.2, 0.25) is 0 Å². The van der Waals surface area contributed by atoms with Crippen LogP contribution < -0.4 is 5.32 Å². The zero-order chi connectivity index (χ0) is 15.6. The summed E-state index contributed by atoms with van der Waals surface area (Å²) in [5.74, 6) is -1.75. The third kappa shape index (κ3) is 4.19. The van der Waals surface area contributed by atoms with Crippen molar-refractivity contribution in [3.05, 3.63) is 34.9 Å². The number of aromatic carboxylic acids is 1. The van der Waals surface area contributed by atoms with Gasteiger partial charge in [-0.15, -0.1) is 0 Å². The lowest BCUT2D eigenvalue weighted by atomic mass is 10.1. The van der Waals surface area contributed by atoms with E-state index in [0.717, 1.165) is 11.1 Å². The Labute approximate surface area is 118 Å². The molecule has 2 rings (SSSR count). The smallest absolute Gasteiger partial charge is 0.405 e. The summed E-state index contributed by atoms with van der Waals surface area (Å²) in [5.41, 5.74) is 1.80. The number of alkyl halides is 3. The molecule has 21 heavy (non-hydrogen) atoms. The van der Waals surface area contributed by atoms with Gasteiger partial charge in [0.15, 0.2) is 0 Å². The number of hydrogen-bond donors (Lipinski definition) is 2. The Balaban J connectivity index is 1.91. The van der Waals surface area contributed by atoms with E-state index < -0.39 is 24.6 Å². The summed E-state index contributed by atoms with van der Waals surface area (Å²) in [7, 11) is 0. The van der Waals surface area contributed by atoms with Crippen LogP contribution in [-0.2, 0) is 17.9 Å². The van der Waals surface area contributed by atoms with Gasteiger partial charge in [-0.05, 0) is 23.3 Å². The van der Waals surface area contributed by atoms with Gasteiger partial charge in [-0.2, -0.15) is 13.2 Å². The summed E-state index contributed by atoms with van der Waals surface area (Å²) in [4.78, 5) is 23.9. The predicted molar refractivity (Wildman–Crippen MR) is 66.6 cm³/mol. The van der Waals surface area contributed by atoms with E-state index in [2.05, 4.69) is 0 Å². The molecule has 1 amide bonds. The van der Waals surface area contributed by atoms with Gasteiger partial charge in [0.05, 0.1) is 12.1 Å². The van der Waals surface area contributed by atoms with Gasteiger partial charge in [-0.1, -0.05) is 6.07 Å². The third-order valence-corrected chi connectivity index (χ3v) is 3.09. The van der Waals surface area contributed by atoms with Crippen LogP contribution in [0.25, 0.3) is 0 Å². The standard InChI is InChI=1S/C13H13F3N2O3/c14-13(15,16)7-17-11(19)6-18-4-9-2-1-8(12(20)21)3-10(9)5-18/h1-3H,4-7H2,(H,17,19)(H,20,21). The van der Waals surface area contributed by atoms with E-state index in [-0.39, 0.29) is 12.1 Å². The Morgan fingerprint density at radius 1 is 1.24 bits per heavy atom. The zero-order valence-corrected chi connectivity index (χ0v) is 10.9. The Hall–Kier alpha value is -2.09. The van der Waals surface area contributed by atoms with Crippen LogP contribution in [0.1, 0.15) is 21.5 Å². The number of carbonyl (C=O) groups is 2. The first kappa shape index (κ1) is 15.3. The number of amides is 1. The summed E-state index contributed by atoms with van der Waals surface area (Å²) in [5, 5.41) is 10.7. The van der Waals surface area contributed by atoms with Crippen molar-refractivity contribution in [1.82, 2.24) is 10.2 Å². The largest absolute Gasteiger partial charge is 0.478 e. The molecule has 1 aromatic carbocycles. The van der Waals surface area contributed by atoms with Crippen LogP contribution in [0.15, 0.2) is 18.2 Å². The maximum absolute atomic E-state index is 12.0. The van der Waals surface area contributed by atoms with Gasteiger partial charge in [0.25, 0.3) is 0 Å². The number of carboxylic acid groups (broad SMARTS) is 1. The summed E-state index contributed by atoms with van der Waals surface area (Å²) in [6, 6.07) is 4.64. The first-order chi connectivity index (χ1) is 9.74. The lowest BCUT2D eigenvalue weighted by Crippen LogP contribution is -2.39. The summed E-state index contributed by atoms with van der Waals surface area (Å²) < 4.78 is 35.9. The Morgan fingerprint density at radius 3 is 2.52 bits per heavy atom. The molecule has 0 saturated carbocycles. The SMILES string of the molecule is O=C(CN1Cc2ccc(C(=O)O)cc2C1)NCC(F)(F)F. The van der Waals surface area contributed by atoms with Crippen molar-refractivity contribution in [2.24, 2.45) is 0 Å². The van der Waals surface area contributed by atoms with Crippen molar-refractivity contribution in [2.75, 3.05) is 13.1 Å². The number of carbonyl (C=O) groups excluding carboxylic acids is 1. The van der Waals surface area contributed by atoms with Crippen LogP contribution >= 0.6 is 0 Å². The average molecular weight is 302 g/mol. The molecular formula is C13H13F3N2O3. The molecule has 0 unspecified atom stereocenters. The number of benzene rings is 1. The second kappa shape index (κ2) is 5.72. The molecule has 1 aliphatic rings. The molecule has 0 atom stereocenters. The summed E-state index contributed by atoms with van der Waals surface area (Å²) in [6.07, 6.45) is -4.43. The van der Waals surface area contributed by atoms with Gasteiger partial charge in [0.2, 0.25) is 5.91 Å². The fourth-order valence-corrected chi connectivity index (χ4v) is 2.17. The molecule has 0 radical (unpaired) electrons. The number of fused-ring (bicyclic) bond motifs is 1. The molecule has 5 nitrogen and oxygen atoms in total. The topological polar surface area (TPSA) is 69.6 Å². The van der Waals surface area contributed by atoms with Crippen LogP contribution in [0.3, 0.4) is 0 Å². The Kier molecular flexibility index (Phi) is 4.17. The lowest BCUT2D eigenvalue weighted by molar-refractivity contribution is -0.139. The van der Waals surface area contributed by atoms with E-state index in [1.54, 1.807) is 16.3 Å². The quantitative estimate of drug-likeness (QED) is 0.881. The van der Waals surface area contributed by atoms with Crippen molar-refractivity contribution in [1.29, 1.82) is 0 Å². The number of rotatable bonds is 4. The number of nitrogens with zero attached hydrogens (tertiary/aromatic N) is 1. The molecule has 1 heterocycles. The van der Waals surface area contributed by atoms with Gasteiger partial charge in [-0.3, -0.25) is 9.69 Å². The van der Waals surface area contributed by atoms with E-state index >= 15 is 0 Å².